The van der Waals surface area contributed by atoms with Gasteiger partial charge in [0.05, 0.1) is 12.4 Å². The Labute approximate surface area is 248 Å². The molecular formula is C34H40N8. The fraction of sp³-hybridized carbons (Fsp3) is 0.353. The van der Waals surface area contributed by atoms with E-state index < -0.39 is 0 Å². The molecule has 3 heterocycles. The van der Waals surface area contributed by atoms with Gasteiger partial charge >= 0.3 is 0 Å². The molecule has 8 nitrogen and oxygen atoms in total. The van der Waals surface area contributed by atoms with E-state index in [-0.39, 0.29) is 6.17 Å². The molecule has 0 fully saturated rings. The minimum atomic E-state index is 0.101. The first-order chi connectivity index (χ1) is 20.5. The molecule has 0 spiro atoms. The Morgan fingerprint density at radius 1 is 0.857 bits per heavy atom. The standard InChI is InChI=1S/C34H40N8/c1-24(2)20-40-22-31-34(41(23-40)19-18-26-10-6-5-7-11-26)35-33(25(3)4)42(31)21-27-14-16-28(17-15-27)29-12-8-9-13-30(29)32-36-38-39-37-32/h5-17,22,24-25,33H,18-21,23H2,1-4H3,(H,36,37,38,39). The quantitative estimate of drug-likeness (QED) is 0.255. The maximum atomic E-state index is 5.35. The van der Waals surface area contributed by atoms with Crippen LogP contribution < -0.4 is 0 Å². The van der Waals surface area contributed by atoms with Crippen LogP contribution in [0.5, 0.6) is 0 Å². The van der Waals surface area contributed by atoms with Gasteiger partial charge in [0, 0.05) is 31.4 Å². The molecule has 1 N–H and O–H groups in total. The number of aromatic amines is 1. The number of rotatable bonds is 10. The fourth-order valence-electron chi connectivity index (χ4n) is 5.96. The number of aromatic nitrogens is 4. The summed E-state index contributed by atoms with van der Waals surface area (Å²) >= 11 is 0. The van der Waals surface area contributed by atoms with Crippen molar-refractivity contribution < 1.29 is 0 Å². The highest BCUT2D eigenvalue weighted by molar-refractivity contribution is 6.00. The third-order valence-corrected chi connectivity index (χ3v) is 7.92. The molecule has 42 heavy (non-hydrogen) atoms. The molecule has 0 radical (unpaired) electrons. The van der Waals surface area contributed by atoms with Crippen LogP contribution in [-0.2, 0) is 13.0 Å². The number of H-pyrrole nitrogens is 1. The lowest BCUT2D eigenvalue weighted by molar-refractivity contribution is 0.193. The number of fused-ring (bicyclic) bond motifs is 1. The molecule has 0 bridgehead atoms. The average Bonchev–Trinajstić information content (AvgIpc) is 3.66. The zero-order valence-electron chi connectivity index (χ0n) is 25.0. The smallest absolute Gasteiger partial charge is 0.180 e. The van der Waals surface area contributed by atoms with Crippen LogP contribution in [-0.4, -0.2) is 67.1 Å². The highest BCUT2D eigenvalue weighted by atomic mass is 15.5. The Balaban J connectivity index is 1.26. The van der Waals surface area contributed by atoms with Crippen molar-refractivity contribution in [2.75, 3.05) is 19.8 Å². The first-order valence-corrected chi connectivity index (χ1v) is 15.0. The van der Waals surface area contributed by atoms with Gasteiger partial charge in [0.25, 0.3) is 0 Å². The maximum absolute atomic E-state index is 5.35. The molecule has 6 rings (SSSR count). The predicted octanol–water partition coefficient (Wildman–Crippen LogP) is 6.05. The number of hydrogen-bond acceptors (Lipinski definition) is 7. The van der Waals surface area contributed by atoms with Crippen LogP contribution in [0.2, 0.25) is 0 Å². The van der Waals surface area contributed by atoms with Crippen LogP contribution in [0.4, 0.5) is 0 Å². The van der Waals surface area contributed by atoms with Gasteiger partial charge in [-0.05, 0) is 50.9 Å². The van der Waals surface area contributed by atoms with Gasteiger partial charge in [0.2, 0.25) is 0 Å². The highest BCUT2D eigenvalue weighted by Crippen LogP contribution is 2.34. The van der Waals surface area contributed by atoms with Crippen molar-refractivity contribution in [2.45, 2.75) is 46.8 Å². The minimum Gasteiger partial charge on any atom is -0.358 e. The van der Waals surface area contributed by atoms with Crippen LogP contribution in [0.25, 0.3) is 22.5 Å². The van der Waals surface area contributed by atoms with Crippen molar-refractivity contribution >= 4 is 5.84 Å². The largest absolute Gasteiger partial charge is 0.358 e. The molecule has 4 aromatic rings. The number of amidine groups is 1. The van der Waals surface area contributed by atoms with Crippen LogP contribution in [0, 0.1) is 11.8 Å². The molecule has 8 heteroatoms. The lowest BCUT2D eigenvalue weighted by Crippen LogP contribution is -2.47. The van der Waals surface area contributed by atoms with Gasteiger partial charge in [-0.25, -0.2) is 10.1 Å². The summed E-state index contributed by atoms with van der Waals surface area (Å²) in [4.78, 5) is 12.8. The second-order valence-electron chi connectivity index (χ2n) is 12.1. The third-order valence-electron chi connectivity index (χ3n) is 7.92. The molecule has 0 aliphatic carbocycles. The fourth-order valence-corrected chi connectivity index (χ4v) is 5.96. The molecule has 1 atom stereocenters. The lowest BCUT2D eigenvalue weighted by Gasteiger charge is -2.39. The van der Waals surface area contributed by atoms with Gasteiger partial charge < -0.3 is 14.7 Å². The van der Waals surface area contributed by atoms with Crippen molar-refractivity contribution in [1.82, 2.24) is 35.3 Å². The number of nitrogens with one attached hydrogen (secondary N) is 1. The van der Waals surface area contributed by atoms with Gasteiger partial charge in [0.1, 0.15) is 6.17 Å². The minimum absolute atomic E-state index is 0.101. The highest BCUT2D eigenvalue weighted by Gasteiger charge is 2.38. The van der Waals surface area contributed by atoms with Crippen molar-refractivity contribution in [3.05, 3.63) is 102 Å². The predicted molar refractivity (Wildman–Crippen MR) is 168 cm³/mol. The summed E-state index contributed by atoms with van der Waals surface area (Å²) in [5, 5.41) is 14.6. The zero-order valence-corrected chi connectivity index (χ0v) is 25.0. The molecule has 1 aromatic heterocycles. The normalized spacial score (nSPS) is 16.7. The first-order valence-electron chi connectivity index (χ1n) is 15.0. The van der Waals surface area contributed by atoms with Gasteiger partial charge in [0.15, 0.2) is 11.7 Å². The second kappa shape index (κ2) is 12.2. The van der Waals surface area contributed by atoms with E-state index in [1.54, 1.807) is 0 Å². The Hall–Kier alpha value is -4.46. The monoisotopic (exact) mass is 560 g/mol. The van der Waals surface area contributed by atoms with Gasteiger partial charge in [-0.2, -0.15) is 0 Å². The van der Waals surface area contributed by atoms with E-state index in [0.29, 0.717) is 17.7 Å². The lowest BCUT2D eigenvalue weighted by atomic mass is 9.98. The van der Waals surface area contributed by atoms with Crippen molar-refractivity contribution in [3.63, 3.8) is 0 Å². The Kier molecular flexibility index (Phi) is 8.04. The van der Waals surface area contributed by atoms with Gasteiger partial charge in [-0.1, -0.05) is 107 Å². The summed E-state index contributed by atoms with van der Waals surface area (Å²) in [6, 6.07) is 27.9. The summed E-state index contributed by atoms with van der Waals surface area (Å²) in [5.41, 5.74) is 7.08. The number of aliphatic imine (C=N–C) groups is 1. The Bertz CT molecular complexity index is 1520. The Morgan fingerprint density at radius 3 is 2.29 bits per heavy atom. The molecule has 0 saturated heterocycles. The molecular weight excluding hydrogens is 520 g/mol. The van der Waals surface area contributed by atoms with Crippen LogP contribution in [0.1, 0.15) is 38.8 Å². The van der Waals surface area contributed by atoms with E-state index in [9.17, 15) is 0 Å². The van der Waals surface area contributed by atoms with Crippen molar-refractivity contribution in [3.8, 4) is 22.5 Å². The summed E-state index contributed by atoms with van der Waals surface area (Å²) < 4.78 is 0. The molecule has 0 amide bonds. The first kappa shape index (κ1) is 27.7. The number of nitrogens with zero attached hydrogens (tertiary/aromatic N) is 7. The molecule has 0 saturated carbocycles. The van der Waals surface area contributed by atoms with E-state index >= 15 is 0 Å². The van der Waals surface area contributed by atoms with Crippen LogP contribution >= 0.6 is 0 Å². The van der Waals surface area contributed by atoms with Crippen LogP contribution in [0.3, 0.4) is 0 Å². The molecule has 3 aromatic carbocycles. The second-order valence-corrected chi connectivity index (χ2v) is 12.1. The van der Waals surface area contributed by atoms with Crippen LogP contribution in [0.15, 0.2) is 95.8 Å². The zero-order chi connectivity index (χ0) is 29.1. The van der Waals surface area contributed by atoms with E-state index in [1.165, 1.54) is 16.8 Å². The molecule has 1 unspecified atom stereocenters. The summed E-state index contributed by atoms with van der Waals surface area (Å²) in [6.45, 7) is 12.8. The maximum Gasteiger partial charge on any atom is 0.180 e. The van der Waals surface area contributed by atoms with E-state index in [4.69, 9.17) is 4.99 Å². The molecule has 216 valence electrons. The number of tetrazole rings is 1. The molecule has 2 aliphatic heterocycles. The summed E-state index contributed by atoms with van der Waals surface area (Å²) in [6.07, 6.45) is 3.46. The summed E-state index contributed by atoms with van der Waals surface area (Å²) in [5.74, 6) is 2.77. The van der Waals surface area contributed by atoms with E-state index in [0.717, 1.165) is 55.2 Å². The number of hydrogen-bond donors (Lipinski definition) is 1. The summed E-state index contributed by atoms with van der Waals surface area (Å²) in [7, 11) is 0. The van der Waals surface area contributed by atoms with Crippen molar-refractivity contribution in [2.24, 2.45) is 16.8 Å². The molecule has 2 aliphatic rings. The van der Waals surface area contributed by atoms with Gasteiger partial charge in [-0.3, -0.25) is 0 Å². The SMILES string of the molecule is CC(C)CN1C=C2C(=NC(C(C)C)N2Cc2ccc(-c3ccccc3-c3nnn[nH]3)cc2)N(CCc2ccccc2)C1. The van der Waals surface area contributed by atoms with Gasteiger partial charge in [-0.15, -0.1) is 5.10 Å². The number of benzene rings is 3. The van der Waals surface area contributed by atoms with E-state index in [1.807, 2.05) is 12.1 Å². The van der Waals surface area contributed by atoms with Crippen molar-refractivity contribution in [1.29, 1.82) is 0 Å². The third kappa shape index (κ3) is 5.93. The topological polar surface area (TPSA) is 76.5 Å². The van der Waals surface area contributed by atoms with E-state index in [2.05, 4.69) is 136 Å². The average molecular weight is 561 g/mol. The Morgan fingerprint density at radius 2 is 1.60 bits per heavy atom.